The molecule has 0 heterocycles. The Morgan fingerprint density at radius 1 is 1.40 bits per heavy atom. The number of aliphatic hydroxyl groups is 1. The topological polar surface area (TPSA) is 52.9 Å². The van der Waals surface area contributed by atoms with Crippen molar-refractivity contribution in [2.24, 2.45) is 0 Å². The van der Waals surface area contributed by atoms with Crippen LogP contribution in [0.1, 0.15) is 5.56 Å². The first-order valence-electron chi connectivity index (χ1n) is 4.83. The number of benzene rings is 1. The van der Waals surface area contributed by atoms with Crippen LogP contribution < -0.4 is 4.74 Å². The lowest BCUT2D eigenvalue weighted by Gasteiger charge is -2.16. The molecule has 0 unspecified atom stereocenters. The number of aromatic hydroxyl groups is 1. The standard InChI is InChI=1S/C11H17NO3/c1-12(6-7-13)8-9-4-3-5-10(15-2)11(9)14/h3-5,13-14H,6-8H2,1-2H3. The minimum atomic E-state index is 0.112. The zero-order chi connectivity index (χ0) is 11.3. The quantitative estimate of drug-likeness (QED) is 0.757. The second-order valence-corrected chi connectivity index (χ2v) is 3.43. The summed E-state index contributed by atoms with van der Waals surface area (Å²) in [6, 6.07) is 5.39. The maximum atomic E-state index is 9.79. The van der Waals surface area contributed by atoms with Crippen molar-refractivity contribution >= 4 is 0 Å². The Morgan fingerprint density at radius 3 is 2.73 bits per heavy atom. The van der Waals surface area contributed by atoms with Crippen molar-refractivity contribution in [3.63, 3.8) is 0 Å². The highest BCUT2D eigenvalue weighted by molar-refractivity contribution is 5.45. The molecule has 15 heavy (non-hydrogen) atoms. The summed E-state index contributed by atoms with van der Waals surface area (Å²) in [6.45, 7) is 1.28. The Morgan fingerprint density at radius 2 is 2.13 bits per heavy atom. The lowest BCUT2D eigenvalue weighted by Crippen LogP contribution is -2.21. The number of rotatable bonds is 5. The van der Waals surface area contributed by atoms with Gasteiger partial charge in [0.15, 0.2) is 11.5 Å². The molecule has 0 amide bonds. The van der Waals surface area contributed by atoms with Crippen LogP contribution in [0.3, 0.4) is 0 Å². The number of phenols is 1. The van der Waals surface area contributed by atoms with E-state index in [1.807, 2.05) is 24.1 Å². The molecule has 0 radical (unpaired) electrons. The smallest absolute Gasteiger partial charge is 0.162 e. The third-order valence-corrected chi connectivity index (χ3v) is 2.22. The van der Waals surface area contributed by atoms with Gasteiger partial charge in [0.2, 0.25) is 0 Å². The molecule has 1 rings (SSSR count). The molecule has 1 aromatic carbocycles. The van der Waals surface area contributed by atoms with Crippen LogP contribution in [0.4, 0.5) is 0 Å². The first kappa shape index (κ1) is 11.8. The summed E-state index contributed by atoms with van der Waals surface area (Å²) >= 11 is 0. The van der Waals surface area contributed by atoms with Crippen LogP contribution >= 0.6 is 0 Å². The molecular formula is C11H17NO3. The normalized spacial score (nSPS) is 10.7. The zero-order valence-electron chi connectivity index (χ0n) is 9.10. The fourth-order valence-electron chi connectivity index (χ4n) is 1.40. The van der Waals surface area contributed by atoms with Gasteiger partial charge < -0.3 is 14.9 Å². The third kappa shape index (κ3) is 3.11. The summed E-state index contributed by atoms with van der Waals surface area (Å²) in [5, 5.41) is 18.5. The molecule has 0 bridgehead atoms. The van der Waals surface area contributed by atoms with Gasteiger partial charge in [-0.3, -0.25) is 4.90 Å². The van der Waals surface area contributed by atoms with Crippen LogP contribution in [0, 0.1) is 0 Å². The molecule has 0 saturated carbocycles. The number of phenolic OH excluding ortho intramolecular Hbond substituents is 1. The van der Waals surface area contributed by atoms with Crippen LogP contribution in [0.5, 0.6) is 11.5 Å². The third-order valence-electron chi connectivity index (χ3n) is 2.22. The van der Waals surface area contributed by atoms with Gasteiger partial charge in [0.25, 0.3) is 0 Å². The maximum Gasteiger partial charge on any atom is 0.162 e. The second kappa shape index (κ2) is 5.58. The van der Waals surface area contributed by atoms with Crippen molar-refractivity contribution in [1.29, 1.82) is 0 Å². The highest BCUT2D eigenvalue weighted by Crippen LogP contribution is 2.29. The van der Waals surface area contributed by atoms with E-state index in [0.29, 0.717) is 18.8 Å². The molecule has 0 aliphatic carbocycles. The first-order valence-corrected chi connectivity index (χ1v) is 4.83. The number of ether oxygens (including phenoxy) is 1. The molecule has 0 aliphatic rings. The van der Waals surface area contributed by atoms with Crippen LogP contribution in [-0.2, 0) is 6.54 Å². The number of nitrogens with zero attached hydrogens (tertiary/aromatic N) is 1. The number of likely N-dealkylation sites (N-methyl/N-ethyl adjacent to an activating group) is 1. The van der Waals surface area contributed by atoms with Gasteiger partial charge in [-0.15, -0.1) is 0 Å². The van der Waals surface area contributed by atoms with Crippen LogP contribution in [0.15, 0.2) is 18.2 Å². The Balaban J connectivity index is 2.76. The van der Waals surface area contributed by atoms with Crippen LogP contribution in [-0.4, -0.2) is 42.4 Å². The fourth-order valence-corrected chi connectivity index (χ4v) is 1.40. The van der Waals surface area contributed by atoms with Gasteiger partial charge in [0.05, 0.1) is 13.7 Å². The Kier molecular flexibility index (Phi) is 4.39. The molecule has 84 valence electrons. The number of para-hydroxylation sites is 1. The summed E-state index contributed by atoms with van der Waals surface area (Å²) in [7, 11) is 3.41. The van der Waals surface area contributed by atoms with E-state index < -0.39 is 0 Å². The Bertz CT molecular complexity index is 315. The van der Waals surface area contributed by atoms with E-state index in [0.717, 1.165) is 5.56 Å². The SMILES string of the molecule is COc1cccc(CN(C)CCO)c1O. The maximum absolute atomic E-state index is 9.79. The number of hydrogen-bond donors (Lipinski definition) is 2. The predicted molar refractivity (Wildman–Crippen MR) is 58.1 cm³/mol. The van der Waals surface area contributed by atoms with Gasteiger partial charge in [0.1, 0.15) is 0 Å². The molecule has 1 aromatic rings. The largest absolute Gasteiger partial charge is 0.504 e. The minimum Gasteiger partial charge on any atom is -0.504 e. The number of aliphatic hydroxyl groups excluding tert-OH is 1. The average Bonchev–Trinajstić information content (AvgIpc) is 2.21. The second-order valence-electron chi connectivity index (χ2n) is 3.43. The Hall–Kier alpha value is -1.26. The summed E-state index contributed by atoms with van der Waals surface area (Å²) in [4.78, 5) is 1.93. The molecule has 2 N–H and O–H groups in total. The molecule has 0 aliphatic heterocycles. The first-order chi connectivity index (χ1) is 7.19. The van der Waals surface area contributed by atoms with E-state index in [2.05, 4.69) is 0 Å². The van der Waals surface area contributed by atoms with E-state index in [1.165, 1.54) is 7.11 Å². The molecule has 0 saturated heterocycles. The highest BCUT2D eigenvalue weighted by Gasteiger charge is 2.08. The summed E-state index contributed by atoms with van der Waals surface area (Å²) in [5.41, 5.74) is 0.797. The van der Waals surface area contributed by atoms with Crippen molar-refractivity contribution in [3.8, 4) is 11.5 Å². The monoisotopic (exact) mass is 211 g/mol. The fraction of sp³-hybridized carbons (Fsp3) is 0.455. The van der Waals surface area contributed by atoms with Crippen LogP contribution in [0.2, 0.25) is 0 Å². The lowest BCUT2D eigenvalue weighted by atomic mass is 10.2. The minimum absolute atomic E-state index is 0.112. The van der Waals surface area contributed by atoms with Crippen molar-refractivity contribution in [3.05, 3.63) is 23.8 Å². The molecule has 0 atom stereocenters. The van der Waals surface area contributed by atoms with Crippen molar-refractivity contribution in [2.45, 2.75) is 6.54 Å². The molecule has 4 heteroatoms. The highest BCUT2D eigenvalue weighted by atomic mass is 16.5. The van der Waals surface area contributed by atoms with Gasteiger partial charge >= 0.3 is 0 Å². The molecule has 4 nitrogen and oxygen atoms in total. The van der Waals surface area contributed by atoms with Gasteiger partial charge in [-0.25, -0.2) is 0 Å². The summed E-state index contributed by atoms with van der Waals surface area (Å²) in [5.74, 6) is 0.648. The van der Waals surface area contributed by atoms with Gasteiger partial charge in [-0.05, 0) is 13.1 Å². The van der Waals surface area contributed by atoms with Gasteiger partial charge in [0, 0.05) is 18.7 Å². The Labute approximate surface area is 89.7 Å². The molecule has 0 spiro atoms. The van der Waals surface area contributed by atoms with E-state index >= 15 is 0 Å². The van der Waals surface area contributed by atoms with E-state index in [4.69, 9.17) is 9.84 Å². The van der Waals surface area contributed by atoms with Crippen molar-refractivity contribution < 1.29 is 14.9 Å². The van der Waals surface area contributed by atoms with Crippen LogP contribution in [0.25, 0.3) is 0 Å². The number of methoxy groups -OCH3 is 1. The zero-order valence-corrected chi connectivity index (χ0v) is 9.10. The van der Waals surface area contributed by atoms with E-state index in [9.17, 15) is 5.11 Å². The molecule has 0 fully saturated rings. The summed E-state index contributed by atoms with van der Waals surface area (Å²) in [6.07, 6.45) is 0. The summed E-state index contributed by atoms with van der Waals surface area (Å²) < 4.78 is 5.01. The van der Waals surface area contributed by atoms with Gasteiger partial charge in [-0.2, -0.15) is 0 Å². The van der Waals surface area contributed by atoms with Gasteiger partial charge in [-0.1, -0.05) is 12.1 Å². The van der Waals surface area contributed by atoms with E-state index in [1.54, 1.807) is 6.07 Å². The number of hydrogen-bond acceptors (Lipinski definition) is 4. The molecular weight excluding hydrogens is 194 g/mol. The average molecular weight is 211 g/mol. The van der Waals surface area contributed by atoms with Crippen molar-refractivity contribution in [1.82, 2.24) is 4.90 Å². The predicted octanol–water partition coefficient (Wildman–Crippen LogP) is 0.825. The van der Waals surface area contributed by atoms with E-state index in [-0.39, 0.29) is 12.4 Å². The lowest BCUT2D eigenvalue weighted by molar-refractivity contribution is 0.215. The van der Waals surface area contributed by atoms with Crippen molar-refractivity contribution in [2.75, 3.05) is 27.3 Å². The molecule has 0 aromatic heterocycles.